The van der Waals surface area contributed by atoms with Gasteiger partial charge in [-0.1, -0.05) is 60.7 Å². The molecule has 2 aromatic carbocycles. The van der Waals surface area contributed by atoms with Gasteiger partial charge >= 0.3 is 0 Å². The molecular weight excluding hydrogens is 274 g/mol. The van der Waals surface area contributed by atoms with Crippen molar-refractivity contribution in [1.82, 2.24) is 5.32 Å². The van der Waals surface area contributed by atoms with Crippen molar-refractivity contribution in [2.45, 2.75) is 24.7 Å². The standard InChI is InChI=1S/C19H23NO2/c1-20-14-17(15-8-4-2-5-9-15)18-12-13-21-19(22-18)16-10-6-3-7-11-16/h2-11,17-20H,12-14H2,1H3/t17-,18+,19+/m1/s1. The summed E-state index contributed by atoms with van der Waals surface area (Å²) in [7, 11) is 1.99. The predicted molar refractivity (Wildman–Crippen MR) is 87.7 cm³/mol. The Kier molecular flexibility index (Phi) is 5.22. The van der Waals surface area contributed by atoms with E-state index in [2.05, 4.69) is 47.8 Å². The van der Waals surface area contributed by atoms with Crippen molar-refractivity contribution >= 4 is 0 Å². The van der Waals surface area contributed by atoms with Gasteiger partial charge in [-0.25, -0.2) is 0 Å². The number of likely N-dealkylation sites (N-methyl/N-ethyl adjacent to an activating group) is 1. The third-order valence-electron chi connectivity index (χ3n) is 4.14. The molecule has 3 nitrogen and oxygen atoms in total. The first kappa shape index (κ1) is 15.2. The van der Waals surface area contributed by atoms with Crippen molar-refractivity contribution < 1.29 is 9.47 Å². The van der Waals surface area contributed by atoms with Crippen molar-refractivity contribution in [3.05, 3.63) is 71.8 Å². The number of nitrogens with one attached hydrogen (secondary N) is 1. The highest BCUT2D eigenvalue weighted by atomic mass is 16.7. The summed E-state index contributed by atoms with van der Waals surface area (Å²) in [5.74, 6) is 0.335. The molecule has 0 bridgehead atoms. The van der Waals surface area contributed by atoms with E-state index in [4.69, 9.17) is 9.47 Å². The van der Waals surface area contributed by atoms with Crippen LogP contribution in [0.5, 0.6) is 0 Å². The van der Waals surface area contributed by atoms with E-state index >= 15 is 0 Å². The summed E-state index contributed by atoms with van der Waals surface area (Å²) in [5.41, 5.74) is 2.40. The quantitative estimate of drug-likeness (QED) is 0.916. The lowest BCUT2D eigenvalue weighted by atomic mass is 9.91. The van der Waals surface area contributed by atoms with Crippen molar-refractivity contribution in [3.8, 4) is 0 Å². The summed E-state index contributed by atoms with van der Waals surface area (Å²) in [6.45, 7) is 1.63. The number of hydrogen-bond acceptors (Lipinski definition) is 3. The Morgan fingerprint density at radius 3 is 2.41 bits per heavy atom. The minimum absolute atomic E-state index is 0.161. The molecule has 0 saturated carbocycles. The summed E-state index contributed by atoms with van der Waals surface area (Å²) in [4.78, 5) is 0. The van der Waals surface area contributed by atoms with Gasteiger partial charge in [0, 0.05) is 18.0 Å². The first-order valence-electron chi connectivity index (χ1n) is 7.90. The van der Waals surface area contributed by atoms with Crippen LogP contribution in [0, 0.1) is 0 Å². The molecule has 1 heterocycles. The second kappa shape index (κ2) is 7.54. The maximum absolute atomic E-state index is 6.28. The molecule has 3 atom stereocenters. The van der Waals surface area contributed by atoms with E-state index in [1.807, 2.05) is 25.2 Å². The maximum atomic E-state index is 6.28. The summed E-state index contributed by atoms with van der Waals surface area (Å²) < 4.78 is 12.1. The molecule has 0 amide bonds. The molecule has 0 spiro atoms. The zero-order valence-electron chi connectivity index (χ0n) is 12.9. The number of benzene rings is 2. The van der Waals surface area contributed by atoms with Crippen LogP contribution in [0.1, 0.15) is 29.8 Å². The molecular formula is C19H23NO2. The second-order valence-corrected chi connectivity index (χ2v) is 5.65. The third-order valence-corrected chi connectivity index (χ3v) is 4.14. The van der Waals surface area contributed by atoms with E-state index in [-0.39, 0.29) is 12.4 Å². The summed E-state index contributed by atoms with van der Waals surface area (Å²) in [6.07, 6.45) is 0.821. The average Bonchev–Trinajstić information content (AvgIpc) is 2.61. The van der Waals surface area contributed by atoms with E-state index in [0.29, 0.717) is 5.92 Å². The summed E-state index contributed by atoms with van der Waals surface area (Å²) >= 11 is 0. The topological polar surface area (TPSA) is 30.5 Å². The highest BCUT2D eigenvalue weighted by Gasteiger charge is 2.31. The molecule has 1 aliphatic rings. The molecule has 2 aromatic rings. The van der Waals surface area contributed by atoms with Gasteiger partial charge in [-0.05, 0) is 19.0 Å². The maximum Gasteiger partial charge on any atom is 0.184 e. The van der Waals surface area contributed by atoms with Crippen molar-refractivity contribution in [2.24, 2.45) is 0 Å². The Labute approximate surface area is 132 Å². The van der Waals surface area contributed by atoms with E-state index in [0.717, 1.165) is 25.1 Å². The van der Waals surface area contributed by atoms with Gasteiger partial charge in [-0.2, -0.15) is 0 Å². The number of ether oxygens (including phenoxy) is 2. The Balaban J connectivity index is 1.77. The lowest BCUT2D eigenvalue weighted by Crippen LogP contribution is -2.36. The smallest absolute Gasteiger partial charge is 0.184 e. The molecule has 22 heavy (non-hydrogen) atoms. The molecule has 0 unspecified atom stereocenters. The first-order chi connectivity index (χ1) is 10.9. The van der Waals surface area contributed by atoms with Gasteiger partial charge in [0.05, 0.1) is 12.7 Å². The zero-order chi connectivity index (χ0) is 15.2. The molecule has 0 aromatic heterocycles. The van der Waals surface area contributed by atoms with Crippen LogP contribution in [-0.4, -0.2) is 26.3 Å². The predicted octanol–water partition coefficient (Wildman–Crippen LogP) is 3.49. The van der Waals surface area contributed by atoms with Crippen molar-refractivity contribution in [2.75, 3.05) is 20.2 Å². The molecule has 3 heteroatoms. The van der Waals surface area contributed by atoms with Gasteiger partial charge < -0.3 is 14.8 Å². The van der Waals surface area contributed by atoms with Crippen LogP contribution in [0.4, 0.5) is 0 Å². The monoisotopic (exact) mass is 297 g/mol. The lowest BCUT2D eigenvalue weighted by molar-refractivity contribution is -0.222. The minimum Gasteiger partial charge on any atom is -0.348 e. The molecule has 1 N–H and O–H groups in total. The van der Waals surface area contributed by atoms with Gasteiger partial charge in [0.25, 0.3) is 0 Å². The second-order valence-electron chi connectivity index (χ2n) is 5.65. The molecule has 1 saturated heterocycles. The van der Waals surface area contributed by atoms with Gasteiger partial charge in [0.15, 0.2) is 6.29 Å². The van der Waals surface area contributed by atoms with Crippen LogP contribution >= 0.6 is 0 Å². The largest absolute Gasteiger partial charge is 0.348 e. The van der Waals surface area contributed by atoms with Crippen LogP contribution in [0.3, 0.4) is 0 Å². The summed E-state index contributed by atoms with van der Waals surface area (Å²) in [6, 6.07) is 20.8. The Hall–Kier alpha value is -1.68. The number of rotatable bonds is 5. The highest BCUT2D eigenvalue weighted by Crippen LogP contribution is 2.33. The van der Waals surface area contributed by atoms with Gasteiger partial charge in [-0.15, -0.1) is 0 Å². The lowest BCUT2D eigenvalue weighted by Gasteiger charge is -2.35. The fourth-order valence-electron chi connectivity index (χ4n) is 3.02. The minimum atomic E-state index is -0.261. The van der Waals surface area contributed by atoms with Gasteiger partial charge in [0.1, 0.15) is 0 Å². The van der Waals surface area contributed by atoms with Gasteiger partial charge in [-0.3, -0.25) is 0 Å². The number of hydrogen-bond donors (Lipinski definition) is 1. The molecule has 1 fully saturated rings. The Morgan fingerprint density at radius 2 is 1.73 bits per heavy atom. The van der Waals surface area contributed by atoms with Crippen LogP contribution in [0.25, 0.3) is 0 Å². The molecule has 0 aliphatic carbocycles. The van der Waals surface area contributed by atoms with Crippen LogP contribution in [0.15, 0.2) is 60.7 Å². The van der Waals surface area contributed by atoms with Crippen LogP contribution < -0.4 is 5.32 Å². The normalized spacial score (nSPS) is 23.1. The molecule has 116 valence electrons. The molecule has 3 rings (SSSR count). The zero-order valence-corrected chi connectivity index (χ0v) is 12.9. The van der Waals surface area contributed by atoms with E-state index in [1.165, 1.54) is 5.56 Å². The van der Waals surface area contributed by atoms with Crippen LogP contribution in [0.2, 0.25) is 0 Å². The average molecular weight is 297 g/mol. The Morgan fingerprint density at radius 1 is 1.05 bits per heavy atom. The summed E-state index contributed by atoms with van der Waals surface area (Å²) in [5, 5.41) is 3.30. The van der Waals surface area contributed by atoms with Crippen molar-refractivity contribution in [3.63, 3.8) is 0 Å². The highest BCUT2D eigenvalue weighted by molar-refractivity contribution is 5.22. The van der Waals surface area contributed by atoms with E-state index in [1.54, 1.807) is 0 Å². The van der Waals surface area contributed by atoms with Gasteiger partial charge in [0.2, 0.25) is 0 Å². The Bertz CT molecular complexity index is 558. The first-order valence-corrected chi connectivity index (χ1v) is 7.90. The van der Waals surface area contributed by atoms with Crippen LogP contribution in [-0.2, 0) is 9.47 Å². The fraction of sp³-hybridized carbons (Fsp3) is 0.368. The molecule has 1 aliphatic heterocycles. The van der Waals surface area contributed by atoms with Crippen molar-refractivity contribution in [1.29, 1.82) is 0 Å². The third kappa shape index (κ3) is 3.55. The SMILES string of the molecule is CNC[C@H](c1ccccc1)[C@@H]1CCO[C@H](c2ccccc2)O1. The van der Waals surface area contributed by atoms with E-state index in [9.17, 15) is 0 Å². The van der Waals surface area contributed by atoms with E-state index < -0.39 is 0 Å². The fourth-order valence-corrected chi connectivity index (χ4v) is 3.02. The molecule has 0 radical (unpaired) electrons.